The minimum absolute atomic E-state index is 0.101. The van der Waals surface area contributed by atoms with Crippen LogP contribution in [0.1, 0.15) is 6.92 Å². The van der Waals surface area contributed by atoms with E-state index in [0.29, 0.717) is 6.54 Å². The maximum absolute atomic E-state index is 11.6. The van der Waals surface area contributed by atoms with Gasteiger partial charge >= 0.3 is 0 Å². The van der Waals surface area contributed by atoms with Crippen LogP contribution in [0, 0.1) is 0 Å². The molecular formula is C8H9BrClNO2S. The van der Waals surface area contributed by atoms with E-state index in [9.17, 15) is 8.42 Å². The predicted molar refractivity (Wildman–Crippen MR) is 60.0 cm³/mol. The number of benzene rings is 1. The second-order valence-electron chi connectivity index (χ2n) is 2.58. The minimum atomic E-state index is -3.46. The smallest absolute Gasteiger partial charge is 0.211 e. The van der Waals surface area contributed by atoms with Crippen LogP contribution in [0.2, 0.25) is 5.02 Å². The van der Waals surface area contributed by atoms with Crippen molar-refractivity contribution in [3.8, 4) is 0 Å². The Bertz CT molecular complexity index is 433. The van der Waals surface area contributed by atoms with E-state index in [0.717, 1.165) is 4.47 Å². The Hall–Kier alpha value is -0.100. The first-order valence-electron chi connectivity index (χ1n) is 3.92. The summed E-state index contributed by atoms with van der Waals surface area (Å²) in [5, 5.41) is 0.209. The molecule has 0 atom stereocenters. The average molecular weight is 299 g/mol. The van der Waals surface area contributed by atoms with Crippen LogP contribution in [0.15, 0.2) is 27.6 Å². The first kappa shape index (κ1) is 12.0. The lowest BCUT2D eigenvalue weighted by Crippen LogP contribution is -2.23. The molecule has 78 valence electrons. The molecule has 1 rings (SSSR count). The highest BCUT2D eigenvalue weighted by atomic mass is 79.9. The molecule has 0 aliphatic rings. The van der Waals surface area contributed by atoms with E-state index in [4.69, 9.17) is 11.6 Å². The standard InChI is InChI=1S/C8H9BrClNO2S/c1-2-11-14(12,13)8-4-3-6(9)5-7(8)10/h3-5,11H,2H2,1H3. The largest absolute Gasteiger partial charge is 0.242 e. The molecule has 0 radical (unpaired) electrons. The minimum Gasteiger partial charge on any atom is -0.211 e. The van der Waals surface area contributed by atoms with Crippen LogP contribution in [0.4, 0.5) is 0 Å². The van der Waals surface area contributed by atoms with Crippen molar-refractivity contribution in [2.75, 3.05) is 6.54 Å². The van der Waals surface area contributed by atoms with E-state index in [1.54, 1.807) is 19.1 Å². The summed E-state index contributed by atoms with van der Waals surface area (Å²) in [5.74, 6) is 0. The highest BCUT2D eigenvalue weighted by Gasteiger charge is 2.16. The van der Waals surface area contributed by atoms with Crippen LogP contribution in [-0.4, -0.2) is 15.0 Å². The van der Waals surface area contributed by atoms with Crippen molar-refractivity contribution in [3.63, 3.8) is 0 Å². The maximum Gasteiger partial charge on any atom is 0.242 e. The molecule has 0 heterocycles. The van der Waals surface area contributed by atoms with Crippen LogP contribution in [-0.2, 0) is 10.0 Å². The van der Waals surface area contributed by atoms with Gasteiger partial charge in [-0.1, -0.05) is 34.5 Å². The fourth-order valence-electron chi connectivity index (χ4n) is 0.961. The number of sulfonamides is 1. The molecule has 0 unspecified atom stereocenters. The summed E-state index contributed by atoms with van der Waals surface area (Å²) in [6.07, 6.45) is 0. The Balaban J connectivity index is 3.20. The van der Waals surface area contributed by atoms with Gasteiger partial charge in [0, 0.05) is 11.0 Å². The molecule has 0 fully saturated rings. The molecular weight excluding hydrogens is 290 g/mol. The SMILES string of the molecule is CCNS(=O)(=O)c1ccc(Br)cc1Cl. The van der Waals surface area contributed by atoms with E-state index in [1.165, 1.54) is 6.07 Å². The molecule has 0 aliphatic carbocycles. The van der Waals surface area contributed by atoms with Gasteiger partial charge in [0.2, 0.25) is 10.0 Å². The third kappa shape index (κ3) is 2.70. The molecule has 0 aromatic heterocycles. The number of rotatable bonds is 3. The van der Waals surface area contributed by atoms with Crippen molar-refractivity contribution in [1.29, 1.82) is 0 Å². The molecule has 0 saturated heterocycles. The van der Waals surface area contributed by atoms with Crippen molar-refractivity contribution in [2.45, 2.75) is 11.8 Å². The molecule has 0 saturated carbocycles. The Morgan fingerprint density at radius 1 is 1.50 bits per heavy atom. The third-order valence-electron chi connectivity index (χ3n) is 1.52. The van der Waals surface area contributed by atoms with Crippen molar-refractivity contribution in [3.05, 3.63) is 27.7 Å². The van der Waals surface area contributed by atoms with E-state index < -0.39 is 10.0 Å². The fourth-order valence-corrected chi connectivity index (χ4v) is 3.04. The van der Waals surface area contributed by atoms with Gasteiger partial charge in [-0.2, -0.15) is 0 Å². The lowest BCUT2D eigenvalue weighted by molar-refractivity contribution is 0.584. The summed E-state index contributed by atoms with van der Waals surface area (Å²) in [6, 6.07) is 4.65. The predicted octanol–water partition coefficient (Wildman–Crippen LogP) is 2.40. The Morgan fingerprint density at radius 2 is 2.14 bits per heavy atom. The molecule has 1 N–H and O–H groups in total. The third-order valence-corrected chi connectivity index (χ3v) is 4.04. The normalized spacial score (nSPS) is 11.6. The zero-order chi connectivity index (χ0) is 10.8. The van der Waals surface area contributed by atoms with Gasteiger partial charge in [0.05, 0.1) is 5.02 Å². The van der Waals surface area contributed by atoms with Crippen LogP contribution >= 0.6 is 27.5 Å². The van der Waals surface area contributed by atoms with Gasteiger partial charge in [-0.15, -0.1) is 0 Å². The first-order chi connectivity index (χ1) is 6.47. The number of hydrogen-bond donors (Lipinski definition) is 1. The molecule has 3 nitrogen and oxygen atoms in total. The van der Waals surface area contributed by atoms with Crippen LogP contribution in [0.3, 0.4) is 0 Å². The monoisotopic (exact) mass is 297 g/mol. The van der Waals surface area contributed by atoms with Crippen molar-refractivity contribution in [2.24, 2.45) is 0 Å². The fraction of sp³-hybridized carbons (Fsp3) is 0.250. The maximum atomic E-state index is 11.6. The van der Waals surface area contributed by atoms with Gasteiger partial charge in [0.15, 0.2) is 0 Å². The van der Waals surface area contributed by atoms with Gasteiger partial charge in [0.1, 0.15) is 4.90 Å². The summed E-state index contributed by atoms with van der Waals surface area (Å²) in [7, 11) is -3.46. The Labute approximate surface area is 96.6 Å². The van der Waals surface area contributed by atoms with Crippen molar-refractivity contribution < 1.29 is 8.42 Å². The average Bonchev–Trinajstić information content (AvgIpc) is 2.02. The molecule has 14 heavy (non-hydrogen) atoms. The highest BCUT2D eigenvalue weighted by molar-refractivity contribution is 9.10. The molecule has 6 heteroatoms. The lowest BCUT2D eigenvalue weighted by Gasteiger charge is -2.06. The molecule has 0 amide bonds. The molecule has 0 bridgehead atoms. The van der Waals surface area contributed by atoms with E-state index in [2.05, 4.69) is 20.7 Å². The molecule has 0 aliphatic heterocycles. The summed E-state index contributed by atoms with van der Waals surface area (Å²) >= 11 is 9.00. The number of halogens is 2. The lowest BCUT2D eigenvalue weighted by atomic mass is 10.4. The van der Waals surface area contributed by atoms with Crippen LogP contribution in [0.5, 0.6) is 0 Å². The second kappa shape index (κ2) is 4.61. The van der Waals surface area contributed by atoms with E-state index in [1.807, 2.05) is 0 Å². The molecule has 1 aromatic rings. The van der Waals surface area contributed by atoms with Crippen molar-refractivity contribution in [1.82, 2.24) is 4.72 Å². The van der Waals surface area contributed by atoms with Crippen molar-refractivity contribution >= 4 is 37.6 Å². The zero-order valence-electron chi connectivity index (χ0n) is 7.42. The zero-order valence-corrected chi connectivity index (χ0v) is 10.6. The van der Waals surface area contributed by atoms with Gasteiger partial charge in [-0.3, -0.25) is 0 Å². The highest BCUT2D eigenvalue weighted by Crippen LogP contribution is 2.24. The topological polar surface area (TPSA) is 46.2 Å². The summed E-state index contributed by atoms with van der Waals surface area (Å²) < 4.78 is 26.2. The van der Waals surface area contributed by atoms with Gasteiger partial charge in [0.25, 0.3) is 0 Å². The number of nitrogens with one attached hydrogen (secondary N) is 1. The summed E-state index contributed by atoms with van der Waals surface area (Å²) in [6.45, 7) is 2.05. The first-order valence-corrected chi connectivity index (χ1v) is 6.57. The van der Waals surface area contributed by atoms with E-state index >= 15 is 0 Å². The second-order valence-corrected chi connectivity index (χ2v) is 5.63. The Morgan fingerprint density at radius 3 is 2.64 bits per heavy atom. The van der Waals surface area contributed by atoms with Crippen LogP contribution < -0.4 is 4.72 Å². The van der Waals surface area contributed by atoms with Crippen LogP contribution in [0.25, 0.3) is 0 Å². The molecule has 1 aromatic carbocycles. The summed E-state index contributed by atoms with van der Waals surface area (Å²) in [4.78, 5) is 0.101. The quantitative estimate of drug-likeness (QED) is 0.931. The van der Waals surface area contributed by atoms with Gasteiger partial charge in [-0.25, -0.2) is 13.1 Å². The van der Waals surface area contributed by atoms with E-state index in [-0.39, 0.29) is 9.92 Å². The number of hydrogen-bond acceptors (Lipinski definition) is 2. The van der Waals surface area contributed by atoms with Gasteiger partial charge < -0.3 is 0 Å². The molecule has 0 spiro atoms. The Kier molecular flexibility index (Phi) is 3.94. The summed E-state index contributed by atoms with van der Waals surface area (Å²) in [5.41, 5.74) is 0. The van der Waals surface area contributed by atoms with Gasteiger partial charge in [-0.05, 0) is 18.2 Å².